The number of aromatic hydroxyl groups is 1. The van der Waals surface area contributed by atoms with Crippen LogP contribution in [-0.2, 0) is 9.36 Å². The number of phenols is 1. The number of benzene rings is 1. The summed E-state index contributed by atoms with van der Waals surface area (Å²) in [5, 5.41) is 28.8. The van der Waals surface area contributed by atoms with Gasteiger partial charge < -0.3 is 25.1 Å². The van der Waals surface area contributed by atoms with Gasteiger partial charge in [0.15, 0.2) is 5.78 Å². The van der Waals surface area contributed by atoms with Crippen LogP contribution in [0.2, 0.25) is 0 Å². The molecule has 1 aliphatic carbocycles. The summed E-state index contributed by atoms with van der Waals surface area (Å²) in [6, 6.07) is 5.83. The Morgan fingerprint density at radius 1 is 1.17 bits per heavy atom. The highest BCUT2D eigenvalue weighted by molar-refractivity contribution is 7.50. The molecule has 5 N–H and O–H groups in total. The minimum atomic E-state index is -4.85. The molecule has 1 aliphatic rings. The Morgan fingerprint density at radius 3 is 2.29 bits per heavy atom. The highest BCUT2D eigenvalue weighted by Gasteiger charge is 2.31. The van der Waals surface area contributed by atoms with Gasteiger partial charge >= 0.3 is 7.75 Å². The molecule has 0 radical (unpaired) electrons. The smallest absolute Gasteiger partial charge is 0.448 e. The number of Topliss-reactive ketones (excluding diaryl/α,β-unsaturated/α-hetero) is 1. The second-order valence-electron chi connectivity index (χ2n) is 5.31. The van der Waals surface area contributed by atoms with Crippen molar-refractivity contribution in [3.63, 3.8) is 0 Å². The SMILES string of the molecule is CC(C(=O)C1=C(O)C=C(O)CC1=NP(=O)(O)O)c1ccc(O)cc1. The van der Waals surface area contributed by atoms with E-state index in [0.717, 1.165) is 6.08 Å². The van der Waals surface area contributed by atoms with Crippen molar-refractivity contribution in [1.82, 2.24) is 0 Å². The quantitative estimate of drug-likeness (QED) is 0.521. The van der Waals surface area contributed by atoms with Gasteiger partial charge in [-0.25, -0.2) is 4.57 Å². The van der Waals surface area contributed by atoms with Crippen LogP contribution in [0.5, 0.6) is 5.75 Å². The van der Waals surface area contributed by atoms with Crippen molar-refractivity contribution in [2.45, 2.75) is 19.3 Å². The molecule has 2 rings (SSSR count). The predicted molar refractivity (Wildman–Crippen MR) is 86.0 cm³/mol. The monoisotopic (exact) mass is 353 g/mol. The first-order valence-electron chi connectivity index (χ1n) is 6.89. The third kappa shape index (κ3) is 4.11. The maximum Gasteiger partial charge on any atom is 0.448 e. The molecule has 0 heterocycles. The number of carbonyl (C=O) groups is 1. The van der Waals surface area contributed by atoms with E-state index >= 15 is 0 Å². The molecule has 8 nitrogen and oxygen atoms in total. The van der Waals surface area contributed by atoms with Gasteiger partial charge in [-0.1, -0.05) is 19.1 Å². The molecular formula is C15H16NO7P. The van der Waals surface area contributed by atoms with Crippen LogP contribution in [0, 0.1) is 0 Å². The fraction of sp³-hybridized carbons (Fsp3) is 0.200. The molecule has 0 saturated carbocycles. The van der Waals surface area contributed by atoms with Crippen molar-refractivity contribution < 1.29 is 34.5 Å². The lowest BCUT2D eigenvalue weighted by Crippen LogP contribution is -2.23. The zero-order valence-electron chi connectivity index (χ0n) is 12.6. The first kappa shape index (κ1) is 17.9. The van der Waals surface area contributed by atoms with E-state index in [9.17, 15) is 24.7 Å². The number of hydrogen-bond donors (Lipinski definition) is 5. The van der Waals surface area contributed by atoms with Gasteiger partial charge in [0.05, 0.1) is 11.3 Å². The van der Waals surface area contributed by atoms with E-state index in [-0.39, 0.29) is 29.2 Å². The van der Waals surface area contributed by atoms with Crippen LogP contribution < -0.4 is 0 Å². The second kappa shape index (κ2) is 6.60. The number of aliphatic hydroxyl groups excluding tert-OH is 2. The van der Waals surface area contributed by atoms with E-state index in [4.69, 9.17) is 9.79 Å². The van der Waals surface area contributed by atoms with Crippen molar-refractivity contribution >= 4 is 19.2 Å². The van der Waals surface area contributed by atoms with Gasteiger partial charge in [-0.05, 0) is 17.7 Å². The topological polar surface area (TPSA) is 148 Å². The average molecular weight is 353 g/mol. The van der Waals surface area contributed by atoms with Gasteiger partial charge in [-0.15, -0.1) is 0 Å². The molecule has 0 spiro atoms. The van der Waals surface area contributed by atoms with Crippen LogP contribution in [0.4, 0.5) is 0 Å². The molecule has 9 heteroatoms. The molecule has 128 valence electrons. The number of phenolic OH excluding ortho intramolecular Hbond substituents is 1. The normalized spacial score (nSPS) is 18.5. The fourth-order valence-electron chi connectivity index (χ4n) is 2.33. The Balaban J connectivity index is 2.47. The highest BCUT2D eigenvalue weighted by atomic mass is 31.2. The largest absolute Gasteiger partial charge is 0.512 e. The van der Waals surface area contributed by atoms with Crippen LogP contribution >= 0.6 is 7.75 Å². The van der Waals surface area contributed by atoms with Gasteiger partial charge in [-0.2, -0.15) is 4.76 Å². The molecular weight excluding hydrogens is 337 g/mol. The lowest BCUT2D eigenvalue weighted by molar-refractivity contribution is -0.116. The molecule has 0 bridgehead atoms. The van der Waals surface area contributed by atoms with Crippen molar-refractivity contribution in [2.75, 3.05) is 0 Å². The zero-order chi connectivity index (χ0) is 18.1. The molecule has 0 saturated heterocycles. The van der Waals surface area contributed by atoms with E-state index in [2.05, 4.69) is 4.76 Å². The van der Waals surface area contributed by atoms with Crippen LogP contribution in [0.15, 0.2) is 52.2 Å². The number of aliphatic hydroxyl groups is 2. The lowest BCUT2D eigenvalue weighted by Gasteiger charge is -2.19. The Bertz CT molecular complexity index is 802. The standard InChI is InChI=1S/C15H16NO7P/c1-8(9-2-4-10(17)5-3-9)15(20)14-12(16-24(21,22)23)6-11(18)7-13(14)19/h2-5,7-8,17-19H,6H2,1H3,(H2,21,22,23). The molecule has 0 aromatic heterocycles. The summed E-state index contributed by atoms with van der Waals surface area (Å²) in [7, 11) is -4.85. The Hall–Kier alpha value is -2.41. The number of rotatable bonds is 4. The molecule has 1 aromatic carbocycles. The third-order valence-electron chi connectivity index (χ3n) is 3.48. The van der Waals surface area contributed by atoms with Crippen LogP contribution in [0.1, 0.15) is 24.8 Å². The summed E-state index contributed by atoms with van der Waals surface area (Å²) in [5.41, 5.74) is -0.194. The van der Waals surface area contributed by atoms with Crippen LogP contribution in [-0.4, -0.2) is 36.6 Å². The maximum atomic E-state index is 12.7. The molecule has 1 unspecified atom stereocenters. The van der Waals surface area contributed by atoms with E-state index < -0.39 is 25.2 Å². The Labute approximate surface area is 137 Å². The van der Waals surface area contributed by atoms with Gasteiger partial charge in [0.2, 0.25) is 0 Å². The van der Waals surface area contributed by atoms with Crippen molar-refractivity contribution in [3.05, 3.63) is 53.0 Å². The summed E-state index contributed by atoms with van der Waals surface area (Å²) >= 11 is 0. The maximum absolute atomic E-state index is 12.7. The summed E-state index contributed by atoms with van der Waals surface area (Å²) in [6.07, 6.45) is 0.564. The summed E-state index contributed by atoms with van der Waals surface area (Å²) in [5.74, 6) is -2.34. The molecule has 1 aromatic rings. The number of nitrogens with zero attached hydrogens (tertiary/aromatic N) is 1. The summed E-state index contributed by atoms with van der Waals surface area (Å²) in [6.45, 7) is 1.54. The van der Waals surface area contributed by atoms with E-state index in [1.807, 2.05) is 0 Å². The molecule has 0 amide bonds. The Kier molecular flexibility index (Phi) is 4.94. The first-order chi connectivity index (χ1) is 11.1. The fourth-order valence-corrected chi connectivity index (χ4v) is 2.82. The Morgan fingerprint density at radius 2 is 1.75 bits per heavy atom. The lowest BCUT2D eigenvalue weighted by atomic mass is 9.86. The highest BCUT2D eigenvalue weighted by Crippen LogP contribution is 2.39. The zero-order valence-corrected chi connectivity index (χ0v) is 13.5. The molecule has 1 atom stereocenters. The van der Waals surface area contributed by atoms with Crippen LogP contribution in [0.25, 0.3) is 0 Å². The predicted octanol–water partition coefficient (Wildman–Crippen LogP) is 2.26. The van der Waals surface area contributed by atoms with E-state index in [1.54, 1.807) is 6.92 Å². The molecule has 0 aliphatic heterocycles. The van der Waals surface area contributed by atoms with Gasteiger partial charge in [0.25, 0.3) is 0 Å². The average Bonchev–Trinajstić information content (AvgIpc) is 2.44. The van der Waals surface area contributed by atoms with Crippen molar-refractivity contribution in [1.29, 1.82) is 0 Å². The number of ketones is 1. The second-order valence-corrected chi connectivity index (χ2v) is 6.54. The van der Waals surface area contributed by atoms with E-state index in [0.29, 0.717) is 5.56 Å². The van der Waals surface area contributed by atoms with Gasteiger partial charge in [0.1, 0.15) is 17.3 Å². The molecule has 0 fully saturated rings. The number of carbonyl (C=O) groups excluding carboxylic acids is 1. The van der Waals surface area contributed by atoms with Crippen molar-refractivity contribution in [2.24, 2.45) is 4.76 Å². The summed E-state index contributed by atoms with van der Waals surface area (Å²) in [4.78, 5) is 30.7. The van der Waals surface area contributed by atoms with Crippen LogP contribution in [0.3, 0.4) is 0 Å². The number of allylic oxidation sites excluding steroid dienone is 3. The minimum Gasteiger partial charge on any atom is -0.512 e. The minimum absolute atomic E-state index is 0.0229. The molecule has 24 heavy (non-hydrogen) atoms. The third-order valence-corrected chi connectivity index (χ3v) is 3.98. The number of hydrogen-bond acceptors (Lipinski definition) is 5. The summed E-state index contributed by atoms with van der Waals surface area (Å²) < 4.78 is 14.3. The van der Waals surface area contributed by atoms with Crippen molar-refractivity contribution in [3.8, 4) is 5.75 Å². The van der Waals surface area contributed by atoms with Gasteiger partial charge in [0, 0.05) is 18.4 Å². The van der Waals surface area contributed by atoms with E-state index in [1.165, 1.54) is 24.3 Å². The first-order valence-corrected chi connectivity index (χ1v) is 8.46. The van der Waals surface area contributed by atoms with Gasteiger partial charge in [-0.3, -0.25) is 4.79 Å².